The fraction of sp³-hybridized carbons (Fsp3) is 0.333. The molecule has 0 saturated carbocycles. The molecule has 0 spiro atoms. The number of ether oxygens (including phenoxy) is 2. The molecule has 2 unspecified atom stereocenters. The first kappa shape index (κ1) is 28.1. The summed E-state index contributed by atoms with van der Waals surface area (Å²) in [5.74, 6) is 1.06. The number of nitrogens with two attached hydrogens (primary N) is 1. The summed E-state index contributed by atoms with van der Waals surface area (Å²) in [7, 11) is -2.55. The Kier molecular flexibility index (Phi) is 9.88. The molecule has 4 aromatic rings. The molecule has 39 heavy (non-hydrogen) atoms. The summed E-state index contributed by atoms with van der Waals surface area (Å²) in [5.41, 5.74) is 8.79. The molecule has 0 aliphatic rings. The molecule has 2 heterocycles. The summed E-state index contributed by atoms with van der Waals surface area (Å²) < 4.78 is 31.7. The molecule has 0 bridgehead atoms. The second-order valence-corrected chi connectivity index (χ2v) is 10.1. The van der Waals surface area contributed by atoms with E-state index < -0.39 is 8.03 Å². The number of imidazole rings is 1. The second-order valence-electron chi connectivity index (χ2n) is 8.88. The Morgan fingerprint density at radius 2 is 1.87 bits per heavy atom. The number of aromatic nitrogens is 4. The van der Waals surface area contributed by atoms with Crippen LogP contribution in [0.5, 0.6) is 11.5 Å². The number of hydrogen-bond donors (Lipinski definition) is 2. The third-order valence-electron chi connectivity index (χ3n) is 5.93. The molecule has 3 N–H and O–H groups in total. The lowest BCUT2D eigenvalue weighted by Crippen LogP contribution is -2.25. The average Bonchev–Trinajstić information content (AvgIpc) is 3.36. The van der Waals surface area contributed by atoms with Crippen molar-refractivity contribution in [3.05, 3.63) is 72.3 Å². The highest BCUT2D eigenvalue weighted by atomic mass is 31.1. The number of fused-ring (bicyclic) bond motifs is 1. The number of carbonyl (C=O) groups excluding carboxylic acids is 1. The number of nitrogen functional groups attached to an aromatic ring is 1. The molecule has 1 amide bonds. The second kappa shape index (κ2) is 13.7. The molecule has 11 nitrogen and oxygen atoms in total. The van der Waals surface area contributed by atoms with E-state index in [4.69, 9.17) is 19.7 Å². The lowest BCUT2D eigenvalue weighted by atomic mass is 10.1. The molecule has 2 atom stereocenters. The van der Waals surface area contributed by atoms with Gasteiger partial charge in [0, 0.05) is 12.1 Å². The Labute approximate surface area is 227 Å². The van der Waals surface area contributed by atoms with Crippen LogP contribution in [-0.4, -0.2) is 51.0 Å². The minimum Gasteiger partial charge on any atom is -0.490 e. The van der Waals surface area contributed by atoms with Gasteiger partial charge in [-0.2, -0.15) is 0 Å². The van der Waals surface area contributed by atoms with E-state index >= 15 is 0 Å². The topological polar surface area (TPSA) is 143 Å². The van der Waals surface area contributed by atoms with Gasteiger partial charge in [0.2, 0.25) is 0 Å². The molecule has 4 rings (SSSR count). The molecule has 0 fully saturated rings. The standard InChI is InChI=1S/C27H33N6O5P/c1-3-20-9-11-21(12-10-20)27(34)29-13-6-14-36-22-7-4-5-8-23(22)38-39(35)18-37-19(2)15-33-17-32-24-25(28)30-16-31-26(24)33/h4-5,7-12,16-17,19,39H,3,6,13-15,18H2,1-2H3,(H,29,34)(H2,28,30,31). The van der Waals surface area contributed by atoms with Crippen molar-refractivity contribution in [3.8, 4) is 11.5 Å². The quantitative estimate of drug-likeness (QED) is 0.175. The van der Waals surface area contributed by atoms with Crippen LogP contribution in [-0.2, 0) is 22.3 Å². The summed E-state index contributed by atoms with van der Waals surface area (Å²) in [4.78, 5) is 24.7. The van der Waals surface area contributed by atoms with Crippen LogP contribution in [0.15, 0.2) is 61.2 Å². The van der Waals surface area contributed by atoms with Gasteiger partial charge in [0.15, 0.2) is 23.0 Å². The van der Waals surface area contributed by atoms with Gasteiger partial charge in [-0.3, -0.25) is 9.36 Å². The van der Waals surface area contributed by atoms with Crippen molar-refractivity contribution in [3.63, 3.8) is 0 Å². The Morgan fingerprint density at radius 1 is 1.10 bits per heavy atom. The Bertz CT molecular complexity index is 1410. The molecule has 0 aliphatic carbocycles. The highest BCUT2D eigenvalue weighted by molar-refractivity contribution is 7.39. The maximum atomic E-state index is 12.6. The van der Waals surface area contributed by atoms with Crippen LogP contribution in [0.25, 0.3) is 11.2 Å². The minimum absolute atomic E-state index is 0.0603. The lowest BCUT2D eigenvalue weighted by molar-refractivity contribution is 0.0851. The zero-order valence-corrected chi connectivity index (χ0v) is 23.0. The van der Waals surface area contributed by atoms with Gasteiger partial charge in [0.25, 0.3) is 13.9 Å². The highest BCUT2D eigenvalue weighted by Crippen LogP contribution is 2.35. The largest absolute Gasteiger partial charge is 0.490 e. The number of rotatable bonds is 14. The van der Waals surface area contributed by atoms with Crippen LogP contribution in [0, 0.1) is 0 Å². The summed E-state index contributed by atoms with van der Waals surface area (Å²) in [5, 5.41) is 2.89. The number of amides is 1. The number of anilines is 1. The number of aryl methyl sites for hydroxylation is 1. The van der Waals surface area contributed by atoms with Crippen LogP contribution >= 0.6 is 8.03 Å². The maximum Gasteiger partial charge on any atom is 0.261 e. The molecule has 0 saturated heterocycles. The smallest absolute Gasteiger partial charge is 0.261 e. The Morgan fingerprint density at radius 3 is 2.64 bits per heavy atom. The average molecular weight is 553 g/mol. The predicted octanol–water partition coefficient (Wildman–Crippen LogP) is 4.09. The first-order valence-electron chi connectivity index (χ1n) is 12.8. The van der Waals surface area contributed by atoms with Crippen LogP contribution in [0.2, 0.25) is 0 Å². The summed E-state index contributed by atoms with van der Waals surface area (Å²) in [6, 6.07) is 14.6. The van der Waals surface area contributed by atoms with Crippen LogP contribution in [0.1, 0.15) is 36.2 Å². The maximum absolute atomic E-state index is 12.6. The Hall–Kier alpha value is -3.95. The predicted molar refractivity (Wildman–Crippen MR) is 149 cm³/mol. The third kappa shape index (κ3) is 7.78. The first-order chi connectivity index (χ1) is 18.9. The lowest BCUT2D eigenvalue weighted by Gasteiger charge is -2.16. The highest BCUT2D eigenvalue weighted by Gasteiger charge is 2.14. The molecule has 2 aromatic heterocycles. The molecular formula is C27H33N6O5P. The molecule has 206 valence electrons. The summed E-state index contributed by atoms with van der Waals surface area (Å²) >= 11 is 0. The first-order valence-corrected chi connectivity index (χ1v) is 14.3. The van der Waals surface area contributed by atoms with E-state index in [1.54, 1.807) is 24.5 Å². The van der Waals surface area contributed by atoms with Gasteiger partial charge < -0.3 is 29.6 Å². The van der Waals surface area contributed by atoms with Gasteiger partial charge >= 0.3 is 0 Å². The zero-order valence-electron chi connectivity index (χ0n) is 22.0. The molecule has 0 radical (unpaired) electrons. The Balaban J connectivity index is 1.19. The van der Waals surface area contributed by atoms with Crippen molar-refractivity contribution in [2.75, 3.05) is 25.2 Å². The van der Waals surface area contributed by atoms with Gasteiger partial charge in [-0.15, -0.1) is 0 Å². The van der Waals surface area contributed by atoms with Crippen molar-refractivity contribution >= 4 is 30.9 Å². The van der Waals surface area contributed by atoms with Crippen LogP contribution in [0.3, 0.4) is 0 Å². The van der Waals surface area contributed by atoms with Crippen LogP contribution < -0.4 is 20.3 Å². The third-order valence-corrected chi connectivity index (χ3v) is 6.78. The zero-order chi connectivity index (χ0) is 27.6. The normalized spacial score (nSPS) is 12.7. The number of nitrogens with one attached hydrogen (secondary N) is 1. The fourth-order valence-corrected chi connectivity index (χ4v) is 4.72. The van der Waals surface area contributed by atoms with E-state index in [1.807, 2.05) is 41.8 Å². The van der Waals surface area contributed by atoms with Gasteiger partial charge in [0.1, 0.15) is 18.2 Å². The van der Waals surface area contributed by atoms with Gasteiger partial charge in [0.05, 0.1) is 25.6 Å². The van der Waals surface area contributed by atoms with E-state index in [0.717, 1.165) is 6.42 Å². The summed E-state index contributed by atoms with van der Waals surface area (Å²) in [6.07, 6.45) is 4.20. The molecular weight excluding hydrogens is 519 g/mol. The van der Waals surface area contributed by atoms with Gasteiger partial charge in [-0.05, 0) is 49.6 Å². The van der Waals surface area contributed by atoms with Gasteiger partial charge in [-0.25, -0.2) is 15.0 Å². The number of nitrogens with zero attached hydrogens (tertiary/aromatic N) is 4. The van der Waals surface area contributed by atoms with E-state index in [1.165, 1.54) is 11.9 Å². The minimum atomic E-state index is -2.55. The van der Waals surface area contributed by atoms with E-state index in [-0.39, 0.29) is 18.4 Å². The number of benzene rings is 2. The number of carbonyl (C=O) groups is 1. The van der Waals surface area contributed by atoms with Crippen molar-refractivity contribution in [2.24, 2.45) is 0 Å². The molecule has 12 heteroatoms. The molecule has 2 aromatic carbocycles. The van der Waals surface area contributed by atoms with E-state index in [0.29, 0.717) is 60.2 Å². The van der Waals surface area contributed by atoms with Crippen LogP contribution in [0.4, 0.5) is 5.82 Å². The van der Waals surface area contributed by atoms with Crippen molar-refractivity contribution in [2.45, 2.75) is 39.3 Å². The number of hydrogen-bond acceptors (Lipinski definition) is 9. The van der Waals surface area contributed by atoms with E-state index in [9.17, 15) is 9.36 Å². The van der Waals surface area contributed by atoms with Crippen molar-refractivity contribution < 1.29 is 23.4 Å². The number of para-hydroxylation sites is 2. The van der Waals surface area contributed by atoms with Crippen molar-refractivity contribution in [1.29, 1.82) is 0 Å². The van der Waals surface area contributed by atoms with E-state index in [2.05, 4.69) is 27.2 Å². The summed E-state index contributed by atoms with van der Waals surface area (Å²) in [6.45, 7) is 5.20. The molecule has 0 aliphatic heterocycles. The fourth-order valence-electron chi connectivity index (χ4n) is 3.83. The van der Waals surface area contributed by atoms with Gasteiger partial charge in [-0.1, -0.05) is 31.2 Å². The monoisotopic (exact) mass is 552 g/mol. The van der Waals surface area contributed by atoms with Crippen molar-refractivity contribution in [1.82, 2.24) is 24.8 Å². The SMILES string of the molecule is CCc1ccc(C(=O)NCCCOc2ccccc2O[PH](=O)COC(C)Cn2cnc3c(N)ncnc32)cc1.